The third-order valence-electron chi connectivity index (χ3n) is 4.37. The lowest BCUT2D eigenvalue weighted by atomic mass is 10.2. The average Bonchev–Trinajstić information content (AvgIpc) is 3.06. The maximum Gasteiger partial charge on any atom is 0.240 e. The van der Waals surface area contributed by atoms with Gasteiger partial charge in [-0.3, -0.25) is 4.90 Å². The van der Waals surface area contributed by atoms with Gasteiger partial charge in [-0.1, -0.05) is 18.2 Å². The quantitative estimate of drug-likeness (QED) is 0.713. The second-order valence-corrected chi connectivity index (χ2v) is 8.23. The number of nitrogens with one attached hydrogen (secondary N) is 1. The van der Waals surface area contributed by atoms with Gasteiger partial charge in [-0.05, 0) is 42.3 Å². The minimum Gasteiger partial charge on any atom is -0.491 e. The zero-order valence-electron chi connectivity index (χ0n) is 14.8. The molecule has 6 nitrogen and oxygen atoms in total. The first kappa shape index (κ1) is 19.8. The summed E-state index contributed by atoms with van der Waals surface area (Å²) in [5, 5.41) is 8.84. The summed E-state index contributed by atoms with van der Waals surface area (Å²) in [5.41, 5.74) is 1.05. The highest BCUT2D eigenvalue weighted by Crippen LogP contribution is 2.19. The number of hydrogen-bond donors (Lipinski definition) is 2. The van der Waals surface area contributed by atoms with Gasteiger partial charge < -0.3 is 9.84 Å². The molecule has 146 valence electrons. The first-order chi connectivity index (χ1) is 13.0. The summed E-state index contributed by atoms with van der Waals surface area (Å²) in [7, 11) is -3.74. The number of aliphatic hydroxyl groups excluding tert-OH is 1. The standard InChI is InChI=1S/C19H23FN2O4S/c20-16-4-2-6-19(12-16)27(24,25)21-17-7-8-22(14-17)13-15-3-1-5-18(11-15)26-10-9-23/h1-6,11-12,17,21,23H,7-10,13-14H2/t17-/m1/s1. The monoisotopic (exact) mass is 394 g/mol. The summed E-state index contributed by atoms with van der Waals surface area (Å²) >= 11 is 0. The van der Waals surface area contributed by atoms with Gasteiger partial charge in [0.25, 0.3) is 0 Å². The molecule has 0 saturated carbocycles. The van der Waals surface area contributed by atoms with Crippen LogP contribution in [0.5, 0.6) is 5.75 Å². The van der Waals surface area contributed by atoms with Crippen LogP contribution in [0.4, 0.5) is 4.39 Å². The number of ether oxygens (including phenoxy) is 1. The maximum absolute atomic E-state index is 13.3. The molecule has 1 atom stereocenters. The molecule has 1 aliphatic heterocycles. The lowest BCUT2D eigenvalue weighted by molar-refractivity contribution is 0.201. The largest absolute Gasteiger partial charge is 0.491 e. The second kappa shape index (κ2) is 8.79. The Morgan fingerprint density at radius 1 is 1.22 bits per heavy atom. The number of halogens is 1. The van der Waals surface area contributed by atoms with Crippen LogP contribution in [0, 0.1) is 5.82 Å². The van der Waals surface area contributed by atoms with Crippen LogP contribution in [0.15, 0.2) is 53.4 Å². The molecule has 0 aliphatic carbocycles. The van der Waals surface area contributed by atoms with Crippen molar-refractivity contribution in [1.82, 2.24) is 9.62 Å². The third-order valence-corrected chi connectivity index (χ3v) is 5.88. The summed E-state index contributed by atoms with van der Waals surface area (Å²) < 4.78 is 46.2. The van der Waals surface area contributed by atoms with E-state index >= 15 is 0 Å². The van der Waals surface area contributed by atoms with Crippen molar-refractivity contribution in [1.29, 1.82) is 0 Å². The number of likely N-dealkylation sites (tertiary alicyclic amines) is 1. The zero-order chi connectivity index (χ0) is 19.3. The Balaban J connectivity index is 1.57. The van der Waals surface area contributed by atoms with Gasteiger partial charge in [0, 0.05) is 25.7 Å². The predicted molar refractivity (Wildman–Crippen MR) is 99.4 cm³/mol. The van der Waals surface area contributed by atoms with Crippen LogP contribution < -0.4 is 9.46 Å². The minimum absolute atomic E-state index is 0.0382. The lowest BCUT2D eigenvalue weighted by Crippen LogP contribution is -2.37. The van der Waals surface area contributed by atoms with Gasteiger partial charge in [0.15, 0.2) is 0 Å². The Kier molecular flexibility index (Phi) is 6.43. The number of sulfonamides is 1. The molecule has 0 bridgehead atoms. The van der Waals surface area contributed by atoms with Crippen molar-refractivity contribution >= 4 is 10.0 Å². The van der Waals surface area contributed by atoms with Crippen LogP contribution in [0.2, 0.25) is 0 Å². The molecule has 0 spiro atoms. The van der Waals surface area contributed by atoms with Crippen molar-refractivity contribution in [2.45, 2.75) is 23.9 Å². The van der Waals surface area contributed by atoms with E-state index in [1.54, 1.807) is 0 Å². The van der Waals surface area contributed by atoms with E-state index in [0.717, 1.165) is 18.2 Å². The molecular weight excluding hydrogens is 371 g/mol. The first-order valence-electron chi connectivity index (χ1n) is 8.79. The molecule has 0 unspecified atom stereocenters. The van der Waals surface area contributed by atoms with E-state index in [-0.39, 0.29) is 24.2 Å². The Morgan fingerprint density at radius 2 is 2.04 bits per heavy atom. The molecule has 27 heavy (non-hydrogen) atoms. The van der Waals surface area contributed by atoms with Gasteiger partial charge in [0.1, 0.15) is 18.2 Å². The number of nitrogens with zero attached hydrogens (tertiary/aromatic N) is 1. The molecule has 1 aliphatic rings. The summed E-state index contributed by atoms with van der Waals surface area (Å²) in [5.74, 6) is 0.123. The van der Waals surface area contributed by atoms with E-state index < -0.39 is 15.8 Å². The van der Waals surface area contributed by atoms with Gasteiger partial charge >= 0.3 is 0 Å². The summed E-state index contributed by atoms with van der Waals surface area (Å²) in [4.78, 5) is 2.10. The number of hydrogen-bond acceptors (Lipinski definition) is 5. The molecule has 0 aromatic heterocycles. The Bertz CT molecular complexity index is 876. The molecule has 0 radical (unpaired) electrons. The van der Waals surface area contributed by atoms with E-state index in [1.165, 1.54) is 18.2 Å². The fraction of sp³-hybridized carbons (Fsp3) is 0.368. The van der Waals surface area contributed by atoms with Crippen LogP contribution in [0.25, 0.3) is 0 Å². The van der Waals surface area contributed by atoms with Crippen molar-refractivity contribution in [2.24, 2.45) is 0 Å². The SMILES string of the molecule is O=S(=O)(N[C@@H]1CCN(Cc2cccc(OCCO)c2)C1)c1cccc(F)c1. The molecular formula is C19H23FN2O4S. The molecule has 2 N–H and O–H groups in total. The van der Waals surface area contributed by atoms with Crippen molar-refractivity contribution in [3.05, 3.63) is 59.9 Å². The fourth-order valence-corrected chi connectivity index (χ4v) is 4.44. The Morgan fingerprint density at radius 3 is 2.81 bits per heavy atom. The minimum atomic E-state index is -3.74. The number of benzene rings is 2. The highest BCUT2D eigenvalue weighted by atomic mass is 32.2. The normalized spacial score (nSPS) is 17.9. The smallest absolute Gasteiger partial charge is 0.240 e. The molecule has 0 amide bonds. The van der Waals surface area contributed by atoms with Crippen LogP contribution >= 0.6 is 0 Å². The molecule has 1 fully saturated rings. The van der Waals surface area contributed by atoms with Crippen LogP contribution in [0.1, 0.15) is 12.0 Å². The lowest BCUT2D eigenvalue weighted by Gasteiger charge is -2.17. The summed E-state index contributed by atoms with van der Waals surface area (Å²) in [6, 6.07) is 12.4. The van der Waals surface area contributed by atoms with Gasteiger partial charge in [0.05, 0.1) is 11.5 Å². The topological polar surface area (TPSA) is 78.9 Å². The van der Waals surface area contributed by atoms with E-state index in [0.29, 0.717) is 25.3 Å². The molecule has 3 rings (SSSR count). The van der Waals surface area contributed by atoms with Crippen LogP contribution in [-0.4, -0.2) is 50.8 Å². The van der Waals surface area contributed by atoms with Gasteiger partial charge in [-0.15, -0.1) is 0 Å². The van der Waals surface area contributed by atoms with E-state index in [1.807, 2.05) is 24.3 Å². The molecule has 2 aromatic carbocycles. The van der Waals surface area contributed by atoms with Crippen LogP contribution in [-0.2, 0) is 16.6 Å². The summed E-state index contributed by atoms with van der Waals surface area (Å²) in [6.45, 7) is 2.23. The molecule has 8 heteroatoms. The first-order valence-corrected chi connectivity index (χ1v) is 10.3. The van der Waals surface area contributed by atoms with Crippen LogP contribution in [0.3, 0.4) is 0 Å². The van der Waals surface area contributed by atoms with Gasteiger partial charge in [-0.2, -0.15) is 0 Å². The van der Waals surface area contributed by atoms with E-state index in [4.69, 9.17) is 9.84 Å². The highest BCUT2D eigenvalue weighted by Gasteiger charge is 2.27. The zero-order valence-corrected chi connectivity index (χ0v) is 15.7. The second-order valence-electron chi connectivity index (χ2n) is 6.52. The van der Waals surface area contributed by atoms with Crippen molar-refractivity contribution < 1.29 is 22.7 Å². The fourth-order valence-electron chi connectivity index (χ4n) is 3.15. The maximum atomic E-state index is 13.3. The van der Waals surface area contributed by atoms with Crippen molar-refractivity contribution in [3.63, 3.8) is 0 Å². The highest BCUT2D eigenvalue weighted by molar-refractivity contribution is 7.89. The van der Waals surface area contributed by atoms with E-state index in [9.17, 15) is 12.8 Å². The van der Waals surface area contributed by atoms with Gasteiger partial charge in [0.2, 0.25) is 10.0 Å². The number of rotatable bonds is 8. The Hall–Kier alpha value is -2.00. The molecule has 2 aromatic rings. The summed E-state index contributed by atoms with van der Waals surface area (Å²) in [6.07, 6.45) is 0.690. The average molecular weight is 394 g/mol. The Labute approximate surface area is 158 Å². The molecule has 1 saturated heterocycles. The van der Waals surface area contributed by atoms with Gasteiger partial charge in [-0.25, -0.2) is 17.5 Å². The van der Waals surface area contributed by atoms with E-state index in [2.05, 4.69) is 9.62 Å². The third kappa shape index (κ3) is 5.49. The van der Waals surface area contributed by atoms with Crippen molar-refractivity contribution in [3.8, 4) is 5.75 Å². The predicted octanol–water partition coefficient (Wildman–Crippen LogP) is 1.75. The van der Waals surface area contributed by atoms with Crippen molar-refractivity contribution in [2.75, 3.05) is 26.3 Å². The number of aliphatic hydroxyl groups is 1. The molecule has 1 heterocycles.